The summed E-state index contributed by atoms with van der Waals surface area (Å²) in [4.78, 5) is 19.3. The van der Waals surface area contributed by atoms with Crippen LogP contribution in [-0.4, -0.2) is 41.7 Å². The van der Waals surface area contributed by atoms with E-state index in [0.29, 0.717) is 22.6 Å². The molecular formula is C18H19N3O4. The van der Waals surface area contributed by atoms with Crippen molar-refractivity contribution >= 4 is 16.9 Å². The summed E-state index contributed by atoms with van der Waals surface area (Å²) in [5, 5.41) is 13.0. The number of hydrogen-bond donors (Lipinski definition) is 3. The van der Waals surface area contributed by atoms with Crippen LogP contribution in [0.15, 0.2) is 42.7 Å². The molecule has 1 unspecified atom stereocenters. The van der Waals surface area contributed by atoms with Crippen LogP contribution in [-0.2, 0) is 0 Å². The third-order valence-electron chi connectivity index (χ3n) is 3.93. The fraction of sp³-hybridized carbons (Fsp3) is 0.222. The third kappa shape index (κ3) is 3.56. The summed E-state index contributed by atoms with van der Waals surface area (Å²) in [7, 11) is 3.08. The number of carbonyl (C=O) groups is 1. The number of methoxy groups -OCH3 is 2. The molecule has 25 heavy (non-hydrogen) atoms. The molecule has 0 fully saturated rings. The molecule has 0 aliphatic carbocycles. The fourth-order valence-electron chi connectivity index (χ4n) is 2.55. The summed E-state index contributed by atoms with van der Waals surface area (Å²) in [6.45, 7) is 0.0787. The van der Waals surface area contributed by atoms with Crippen LogP contribution in [0, 0.1) is 0 Å². The van der Waals surface area contributed by atoms with Crippen molar-refractivity contribution in [2.45, 2.75) is 6.10 Å². The minimum Gasteiger partial charge on any atom is -0.493 e. The number of benzene rings is 2. The van der Waals surface area contributed by atoms with Crippen LogP contribution in [0.1, 0.15) is 22.0 Å². The first-order chi connectivity index (χ1) is 12.1. The van der Waals surface area contributed by atoms with Crippen LogP contribution in [0.3, 0.4) is 0 Å². The van der Waals surface area contributed by atoms with Gasteiger partial charge in [-0.05, 0) is 35.9 Å². The van der Waals surface area contributed by atoms with Crippen molar-refractivity contribution in [3.63, 3.8) is 0 Å². The number of rotatable bonds is 6. The Morgan fingerprint density at radius 2 is 2.00 bits per heavy atom. The second-order valence-corrected chi connectivity index (χ2v) is 5.47. The lowest BCUT2D eigenvalue weighted by Crippen LogP contribution is -2.28. The molecule has 0 saturated heterocycles. The Morgan fingerprint density at radius 1 is 1.20 bits per heavy atom. The molecule has 130 valence electrons. The second kappa shape index (κ2) is 7.23. The van der Waals surface area contributed by atoms with Gasteiger partial charge in [-0.1, -0.05) is 6.07 Å². The zero-order valence-corrected chi connectivity index (χ0v) is 13.9. The number of imidazole rings is 1. The number of nitrogens with zero attached hydrogens (tertiary/aromatic N) is 1. The Kier molecular flexibility index (Phi) is 4.85. The van der Waals surface area contributed by atoms with E-state index in [1.54, 1.807) is 49.8 Å². The predicted molar refractivity (Wildman–Crippen MR) is 92.9 cm³/mol. The Bertz CT molecular complexity index is 891. The summed E-state index contributed by atoms with van der Waals surface area (Å²) in [6, 6.07) is 10.3. The van der Waals surface area contributed by atoms with E-state index in [4.69, 9.17) is 9.47 Å². The van der Waals surface area contributed by atoms with E-state index in [1.807, 2.05) is 0 Å². The molecule has 0 bridgehead atoms. The smallest absolute Gasteiger partial charge is 0.251 e. The molecule has 3 rings (SSSR count). The molecule has 1 heterocycles. The first-order valence-electron chi connectivity index (χ1n) is 7.73. The van der Waals surface area contributed by atoms with Crippen molar-refractivity contribution in [2.24, 2.45) is 0 Å². The van der Waals surface area contributed by atoms with E-state index in [-0.39, 0.29) is 12.5 Å². The topological polar surface area (TPSA) is 96.5 Å². The second-order valence-electron chi connectivity index (χ2n) is 5.47. The maximum atomic E-state index is 12.3. The van der Waals surface area contributed by atoms with E-state index in [9.17, 15) is 9.90 Å². The molecule has 1 aromatic heterocycles. The molecule has 3 N–H and O–H groups in total. The number of nitrogens with one attached hydrogen (secondary N) is 2. The molecule has 1 atom stereocenters. The van der Waals surface area contributed by atoms with Gasteiger partial charge in [0, 0.05) is 12.1 Å². The summed E-state index contributed by atoms with van der Waals surface area (Å²) in [5.74, 6) is 0.835. The molecule has 0 aliphatic rings. The first kappa shape index (κ1) is 16.8. The monoisotopic (exact) mass is 341 g/mol. The van der Waals surface area contributed by atoms with Crippen LogP contribution in [0.25, 0.3) is 11.0 Å². The van der Waals surface area contributed by atoms with Gasteiger partial charge in [0.1, 0.15) is 0 Å². The van der Waals surface area contributed by atoms with Gasteiger partial charge in [0.2, 0.25) is 0 Å². The van der Waals surface area contributed by atoms with Gasteiger partial charge in [-0.3, -0.25) is 4.79 Å². The van der Waals surface area contributed by atoms with Gasteiger partial charge in [-0.15, -0.1) is 0 Å². The molecule has 3 aromatic rings. The van der Waals surface area contributed by atoms with E-state index in [1.165, 1.54) is 7.11 Å². The molecule has 0 saturated carbocycles. The molecule has 2 aromatic carbocycles. The zero-order chi connectivity index (χ0) is 17.8. The van der Waals surface area contributed by atoms with Crippen molar-refractivity contribution in [3.8, 4) is 11.5 Å². The van der Waals surface area contributed by atoms with Crippen LogP contribution in [0.5, 0.6) is 11.5 Å². The van der Waals surface area contributed by atoms with E-state index in [2.05, 4.69) is 15.3 Å². The molecule has 0 aliphatic heterocycles. The lowest BCUT2D eigenvalue weighted by atomic mass is 10.1. The Hall–Kier alpha value is -3.06. The van der Waals surface area contributed by atoms with Gasteiger partial charge in [-0.2, -0.15) is 0 Å². The van der Waals surface area contributed by atoms with Gasteiger partial charge in [0.15, 0.2) is 11.5 Å². The number of aromatic nitrogens is 2. The van der Waals surface area contributed by atoms with Gasteiger partial charge < -0.3 is 24.9 Å². The number of amides is 1. The van der Waals surface area contributed by atoms with Gasteiger partial charge in [-0.25, -0.2) is 4.98 Å². The van der Waals surface area contributed by atoms with Crippen molar-refractivity contribution in [1.29, 1.82) is 0 Å². The molecular weight excluding hydrogens is 322 g/mol. The predicted octanol–water partition coefficient (Wildman–Crippen LogP) is 2.04. The number of hydrogen-bond acceptors (Lipinski definition) is 5. The van der Waals surface area contributed by atoms with Crippen molar-refractivity contribution in [1.82, 2.24) is 15.3 Å². The van der Waals surface area contributed by atoms with Gasteiger partial charge in [0.05, 0.1) is 37.7 Å². The van der Waals surface area contributed by atoms with E-state index < -0.39 is 6.10 Å². The van der Waals surface area contributed by atoms with E-state index >= 15 is 0 Å². The maximum absolute atomic E-state index is 12.3. The van der Waals surface area contributed by atoms with Crippen molar-refractivity contribution < 1.29 is 19.4 Å². The number of aliphatic hydroxyl groups is 1. The summed E-state index contributed by atoms with van der Waals surface area (Å²) in [5.41, 5.74) is 2.70. The molecule has 7 nitrogen and oxygen atoms in total. The highest BCUT2D eigenvalue weighted by Gasteiger charge is 2.14. The zero-order valence-electron chi connectivity index (χ0n) is 13.9. The standard InChI is InChI=1S/C18H19N3O4/c1-24-16-6-4-11(8-17(16)25-2)15(22)9-19-18(23)12-3-5-13-14(7-12)21-10-20-13/h3-8,10,15,22H,9H2,1-2H3,(H,19,23)(H,20,21). The summed E-state index contributed by atoms with van der Waals surface area (Å²) < 4.78 is 10.4. The highest BCUT2D eigenvalue weighted by Crippen LogP contribution is 2.29. The minimum atomic E-state index is -0.861. The molecule has 0 spiro atoms. The quantitative estimate of drug-likeness (QED) is 0.638. The SMILES string of the molecule is COc1ccc(C(O)CNC(=O)c2ccc3nc[nH]c3c2)cc1OC. The molecule has 1 amide bonds. The minimum absolute atomic E-state index is 0.0787. The van der Waals surface area contributed by atoms with Crippen LogP contribution >= 0.6 is 0 Å². The number of aliphatic hydroxyl groups excluding tert-OH is 1. The number of H-pyrrole nitrogens is 1. The Balaban J connectivity index is 1.66. The van der Waals surface area contributed by atoms with E-state index in [0.717, 1.165) is 11.0 Å². The van der Waals surface area contributed by atoms with Gasteiger partial charge >= 0.3 is 0 Å². The first-order valence-corrected chi connectivity index (χ1v) is 7.73. The molecule has 0 radical (unpaired) electrons. The fourth-order valence-corrected chi connectivity index (χ4v) is 2.55. The maximum Gasteiger partial charge on any atom is 0.251 e. The lowest BCUT2D eigenvalue weighted by Gasteiger charge is -2.15. The largest absolute Gasteiger partial charge is 0.493 e. The number of fused-ring (bicyclic) bond motifs is 1. The summed E-state index contributed by atoms with van der Waals surface area (Å²) >= 11 is 0. The van der Waals surface area contributed by atoms with Crippen LogP contribution < -0.4 is 14.8 Å². The summed E-state index contributed by atoms with van der Waals surface area (Å²) in [6.07, 6.45) is 0.715. The average Bonchev–Trinajstić information content (AvgIpc) is 3.12. The Morgan fingerprint density at radius 3 is 2.76 bits per heavy atom. The molecule has 7 heteroatoms. The number of ether oxygens (including phenoxy) is 2. The Labute approximate surface area is 144 Å². The number of aromatic amines is 1. The van der Waals surface area contributed by atoms with Crippen LogP contribution in [0.2, 0.25) is 0 Å². The normalized spacial score (nSPS) is 12.0. The van der Waals surface area contributed by atoms with Crippen molar-refractivity contribution in [3.05, 3.63) is 53.9 Å². The number of carbonyl (C=O) groups excluding carboxylic acids is 1. The average molecular weight is 341 g/mol. The lowest BCUT2D eigenvalue weighted by molar-refractivity contribution is 0.0916. The van der Waals surface area contributed by atoms with Crippen molar-refractivity contribution in [2.75, 3.05) is 20.8 Å². The van der Waals surface area contributed by atoms with Crippen LogP contribution in [0.4, 0.5) is 0 Å². The highest BCUT2D eigenvalue weighted by atomic mass is 16.5. The highest BCUT2D eigenvalue weighted by molar-refractivity contribution is 5.97. The third-order valence-corrected chi connectivity index (χ3v) is 3.93. The van der Waals surface area contributed by atoms with Gasteiger partial charge in [0.25, 0.3) is 5.91 Å².